The normalized spacial score (nSPS) is 11.3. The highest BCUT2D eigenvalue weighted by molar-refractivity contribution is 5.88. The number of aromatic carboxylic acids is 1. The van der Waals surface area contributed by atoms with Crippen molar-refractivity contribution in [2.45, 2.75) is 12.8 Å². The lowest BCUT2D eigenvalue weighted by Gasteiger charge is -2.08. The number of rotatable bonds is 4. The van der Waals surface area contributed by atoms with Gasteiger partial charge in [-0.2, -0.15) is 13.2 Å². The van der Waals surface area contributed by atoms with Gasteiger partial charge in [0.05, 0.1) is 11.8 Å². The van der Waals surface area contributed by atoms with E-state index in [4.69, 9.17) is 9.84 Å². The van der Waals surface area contributed by atoms with Gasteiger partial charge >= 0.3 is 12.1 Å². The van der Waals surface area contributed by atoms with Gasteiger partial charge in [-0.05, 0) is 24.3 Å². The Hall–Kier alpha value is -2.51. The molecule has 1 aromatic carbocycles. The second-order valence-electron chi connectivity index (χ2n) is 3.78. The lowest BCUT2D eigenvalue weighted by molar-refractivity contribution is -0.137. The molecule has 2 rings (SSSR count). The highest BCUT2D eigenvalue weighted by Gasteiger charge is 2.30. The van der Waals surface area contributed by atoms with E-state index in [9.17, 15) is 18.0 Å². The Morgan fingerprint density at radius 1 is 1.30 bits per heavy atom. The largest absolute Gasteiger partial charge is 0.486 e. The Kier molecular flexibility index (Phi) is 3.64. The average Bonchev–Trinajstić information content (AvgIpc) is 2.84. The van der Waals surface area contributed by atoms with Crippen molar-refractivity contribution in [1.29, 1.82) is 0 Å². The molecule has 0 saturated carbocycles. The molecule has 20 heavy (non-hydrogen) atoms. The fourth-order valence-electron chi connectivity index (χ4n) is 1.43. The van der Waals surface area contributed by atoms with Crippen LogP contribution in [0.3, 0.4) is 0 Å². The van der Waals surface area contributed by atoms with Crippen LogP contribution in [0.25, 0.3) is 0 Å². The lowest BCUT2D eigenvalue weighted by Crippen LogP contribution is -2.05. The standard InChI is InChI=1S/C12H8F3NO4/c13-12(14,15)7-1-3-8(4-2-7)19-6-10-9(11(17)18)5-16-20-10/h1-5H,6H2,(H,17,18). The molecule has 0 aliphatic heterocycles. The van der Waals surface area contributed by atoms with E-state index in [0.717, 1.165) is 30.5 Å². The van der Waals surface area contributed by atoms with E-state index in [1.54, 1.807) is 0 Å². The van der Waals surface area contributed by atoms with Crippen molar-refractivity contribution in [3.05, 3.63) is 47.3 Å². The molecule has 0 fully saturated rings. The molecule has 0 atom stereocenters. The van der Waals surface area contributed by atoms with E-state index < -0.39 is 17.7 Å². The second-order valence-corrected chi connectivity index (χ2v) is 3.78. The zero-order chi connectivity index (χ0) is 14.8. The molecule has 0 saturated heterocycles. The van der Waals surface area contributed by atoms with Crippen LogP contribution in [0.2, 0.25) is 0 Å². The minimum Gasteiger partial charge on any atom is -0.486 e. The van der Waals surface area contributed by atoms with Gasteiger partial charge in [0.1, 0.15) is 17.9 Å². The van der Waals surface area contributed by atoms with Crippen molar-refractivity contribution in [3.63, 3.8) is 0 Å². The van der Waals surface area contributed by atoms with Gasteiger partial charge in [-0.25, -0.2) is 4.79 Å². The van der Waals surface area contributed by atoms with Crippen LogP contribution in [0, 0.1) is 0 Å². The smallest absolute Gasteiger partial charge is 0.416 e. The minimum atomic E-state index is -4.42. The summed E-state index contributed by atoms with van der Waals surface area (Å²) < 4.78 is 46.9. The highest BCUT2D eigenvalue weighted by atomic mass is 19.4. The first-order valence-electron chi connectivity index (χ1n) is 5.35. The van der Waals surface area contributed by atoms with E-state index in [0.29, 0.717) is 0 Å². The van der Waals surface area contributed by atoms with Crippen LogP contribution in [0.4, 0.5) is 13.2 Å². The zero-order valence-electron chi connectivity index (χ0n) is 9.85. The summed E-state index contributed by atoms with van der Waals surface area (Å²) in [5, 5.41) is 12.1. The first-order chi connectivity index (χ1) is 9.38. The van der Waals surface area contributed by atoms with Crippen LogP contribution in [-0.2, 0) is 12.8 Å². The van der Waals surface area contributed by atoms with E-state index >= 15 is 0 Å². The van der Waals surface area contributed by atoms with Crippen LogP contribution in [0.5, 0.6) is 5.75 Å². The number of ether oxygens (including phenoxy) is 1. The van der Waals surface area contributed by atoms with Gasteiger partial charge in [0.2, 0.25) is 0 Å². The Morgan fingerprint density at radius 3 is 2.50 bits per heavy atom. The molecular weight excluding hydrogens is 279 g/mol. The topological polar surface area (TPSA) is 72.6 Å². The molecule has 106 valence electrons. The number of carboxylic acids is 1. The summed E-state index contributed by atoms with van der Waals surface area (Å²) in [4.78, 5) is 10.8. The molecule has 1 N–H and O–H groups in total. The van der Waals surface area contributed by atoms with Crippen LogP contribution in [-0.4, -0.2) is 16.2 Å². The number of carbonyl (C=O) groups is 1. The monoisotopic (exact) mass is 287 g/mol. The highest BCUT2D eigenvalue weighted by Crippen LogP contribution is 2.30. The van der Waals surface area contributed by atoms with Crippen LogP contribution in [0.15, 0.2) is 35.0 Å². The van der Waals surface area contributed by atoms with Crippen molar-refractivity contribution in [3.8, 4) is 5.75 Å². The Balaban J connectivity index is 2.04. The Labute approximate surface area is 110 Å². The molecule has 5 nitrogen and oxygen atoms in total. The van der Waals surface area contributed by atoms with Crippen molar-refractivity contribution in [2.75, 3.05) is 0 Å². The molecular formula is C12H8F3NO4. The number of benzene rings is 1. The number of hydrogen-bond donors (Lipinski definition) is 1. The summed E-state index contributed by atoms with van der Waals surface area (Å²) in [5.74, 6) is -1.08. The maximum atomic E-state index is 12.3. The summed E-state index contributed by atoms with van der Waals surface area (Å²) in [6.07, 6.45) is -3.40. The van der Waals surface area contributed by atoms with Gasteiger partial charge in [-0.1, -0.05) is 5.16 Å². The number of carboxylic acid groups (broad SMARTS) is 1. The Morgan fingerprint density at radius 2 is 1.95 bits per heavy atom. The first kappa shape index (κ1) is 13.9. The number of halogens is 3. The molecule has 8 heteroatoms. The number of alkyl halides is 3. The molecule has 0 aliphatic carbocycles. The summed E-state index contributed by atoms with van der Waals surface area (Å²) >= 11 is 0. The lowest BCUT2D eigenvalue weighted by atomic mass is 10.2. The van der Waals surface area contributed by atoms with Gasteiger partial charge in [-0.15, -0.1) is 0 Å². The molecule has 1 heterocycles. The van der Waals surface area contributed by atoms with Crippen LogP contribution < -0.4 is 4.74 Å². The van der Waals surface area contributed by atoms with E-state index in [1.165, 1.54) is 0 Å². The van der Waals surface area contributed by atoms with Gasteiger partial charge in [-0.3, -0.25) is 0 Å². The van der Waals surface area contributed by atoms with Gasteiger partial charge in [0, 0.05) is 0 Å². The predicted molar refractivity (Wildman–Crippen MR) is 59.2 cm³/mol. The average molecular weight is 287 g/mol. The third-order valence-corrected chi connectivity index (χ3v) is 2.43. The molecule has 0 radical (unpaired) electrons. The third kappa shape index (κ3) is 3.08. The minimum absolute atomic E-state index is 0.0163. The summed E-state index contributed by atoms with van der Waals surface area (Å²) in [7, 11) is 0. The van der Waals surface area contributed by atoms with E-state index in [-0.39, 0.29) is 23.7 Å². The van der Waals surface area contributed by atoms with Crippen LogP contribution >= 0.6 is 0 Å². The molecule has 0 amide bonds. The maximum Gasteiger partial charge on any atom is 0.416 e. The number of hydrogen-bond acceptors (Lipinski definition) is 4. The summed E-state index contributed by atoms with van der Waals surface area (Å²) in [5.41, 5.74) is -0.951. The molecule has 2 aromatic rings. The summed E-state index contributed by atoms with van der Waals surface area (Å²) in [6.45, 7) is -0.243. The van der Waals surface area contributed by atoms with Crippen molar-refractivity contribution >= 4 is 5.97 Å². The molecule has 1 aromatic heterocycles. The van der Waals surface area contributed by atoms with Crippen molar-refractivity contribution in [1.82, 2.24) is 5.16 Å². The quantitative estimate of drug-likeness (QED) is 0.935. The molecule has 0 bridgehead atoms. The van der Waals surface area contributed by atoms with Crippen molar-refractivity contribution < 1.29 is 32.3 Å². The first-order valence-corrected chi connectivity index (χ1v) is 5.35. The third-order valence-electron chi connectivity index (χ3n) is 2.43. The fourth-order valence-corrected chi connectivity index (χ4v) is 1.43. The Bertz CT molecular complexity index is 604. The SMILES string of the molecule is O=C(O)c1cnoc1COc1ccc(C(F)(F)F)cc1. The summed E-state index contributed by atoms with van der Waals surface area (Å²) in [6, 6.07) is 4.01. The van der Waals surface area contributed by atoms with Gasteiger partial charge < -0.3 is 14.4 Å². The fraction of sp³-hybridized carbons (Fsp3) is 0.167. The van der Waals surface area contributed by atoms with Crippen molar-refractivity contribution in [2.24, 2.45) is 0 Å². The second kappa shape index (κ2) is 5.24. The van der Waals surface area contributed by atoms with Gasteiger partial charge in [0.15, 0.2) is 5.76 Å². The van der Waals surface area contributed by atoms with E-state index in [2.05, 4.69) is 9.68 Å². The predicted octanol–water partition coefficient (Wildman–Crippen LogP) is 2.97. The van der Waals surface area contributed by atoms with Gasteiger partial charge in [0.25, 0.3) is 0 Å². The number of nitrogens with zero attached hydrogens (tertiary/aromatic N) is 1. The van der Waals surface area contributed by atoms with Crippen LogP contribution in [0.1, 0.15) is 21.7 Å². The molecule has 0 unspecified atom stereocenters. The number of aromatic nitrogens is 1. The molecule has 0 aliphatic rings. The van der Waals surface area contributed by atoms with E-state index in [1.807, 2.05) is 0 Å². The molecule has 0 spiro atoms. The zero-order valence-corrected chi connectivity index (χ0v) is 9.85. The maximum absolute atomic E-state index is 12.3.